The van der Waals surface area contributed by atoms with Crippen LogP contribution in [0, 0.1) is 0 Å². The topological polar surface area (TPSA) is 86.3 Å². The van der Waals surface area contributed by atoms with Gasteiger partial charge in [-0.2, -0.15) is 0 Å². The monoisotopic (exact) mass is 322 g/mol. The molecule has 0 aliphatic carbocycles. The van der Waals surface area contributed by atoms with Gasteiger partial charge in [-0.1, -0.05) is 13.5 Å². The smallest absolute Gasteiger partial charge is 0.250 e. The lowest BCUT2D eigenvalue weighted by atomic mass is 10.2. The molecular formula is C14H30N2O4S. The highest BCUT2D eigenvalue weighted by molar-refractivity contribution is 7.84. The van der Waals surface area contributed by atoms with Crippen molar-refractivity contribution in [2.45, 2.75) is 47.2 Å². The molecule has 0 radical (unpaired) electrons. The van der Waals surface area contributed by atoms with Crippen LogP contribution in [0.3, 0.4) is 0 Å². The summed E-state index contributed by atoms with van der Waals surface area (Å²) in [6.07, 6.45) is 1.76. The molecule has 1 unspecified atom stereocenters. The van der Waals surface area contributed by atoms with E-state index in [0.29, 0.717) is 11.8 Å². The molecule has 6 nitrogen and oxygen atoms in total. The van der Waals surface area contributed by atoms with Gasteiger partial charge in [0.2, 0.25) is 0 Å². The third-order valence-electron chi connectivity index (χ3n) is 3.62. The molecule has 0 aromatic rings. The molecule has 0 fully saturated rings. The largest absolute Gasteiger partial charge is 0.748 e. The number of quaternary nitrogens is 1. The summed E-state index contributed by atoms with van der Waals surface area (Å²) in [5.74, 6) is -0.0234. The Kier molecular flexibility index (Phi) is 10.6. The molecule has 1 N–H and O–H groups in total. The number of amides is 1. The van der Waals surface area contributed by atoms with E-state index in [9.17, 15) is 4.79 Å². The Morgan fingerprint density at radius 3 is 1.71 bits per heavy atom. The minimum atomic E-state index is -3.92. The van der Waals surface area contributed by atoms with Crippen LogP contribution in [0.1, 0.15) is 41.0 Å². The molecule has 0 saturated carbocycles. The Morgan fingerprint density at radius 1 is 1.19 bits per heavy atom. The minimum Gasteiger partial charge on any atom is -0.748 e. The van der Waals surface area contributed by atoms with Gasteiger partial charge >= 0.3 is 0 Å². The molecule has 7 heteroatoms. The van der Waals surface area contributed by atoms with Gasteiger partial charge in [-0.15, -0.1) is 0 Å². The van der Waals surface area contributed by atoms with Crippen LogP contribution in [-0.2, 0) is 14.9 Å². The van der Waals surface area contributed by atoms with Gasteiger partial charge in [0, 0.05) is 18.2 Å². The van der Waals surface area contributed by atoms with Gasteiger partial charge in [0.05, 0.1) is 29.8 Å². The lowest BCUT2D eigenvalue weighted by Gasteiger charge is -2.42. The molecule has 1 atom stereocenters. The second-order valence-electron chi connectivity index (χ2n) is 5.05. The van der Waals surface area contributed by atoms with Crippen molar-refractivity contribution in [3.05, 3.63) is 12.2 Å². The molecule has 0 aliphatic heterocycles. The van der Waals surface area contributed by atoms with E-state index in [1.807, 2.05) is 0 Å². The molecule has 0 rings (SSSR count). The zero-order valence-electron chi connectivity index (χ0n) is 14.1. The fourth-order valence-corrected chi connectivity index (χ4v) is 2.23. The van der Waals surface area contributed by atoms with Gasteiger partial charge < -0.3 is 14.4 Å². The van der Waals surface area contributed by atoms with Crippen LogP contribution in [-0.4, -0.2) is 55.4 Å². The SMILES string of the molecule is C=C(C)C(=O)NC(CC)[N+](CC)(CC)CC.CS(=O)(=O)[O-]. The zero-order chi connectivity index (χ0) is 17.3. The molecule has 21 heavy (non-hydrogen) atoms. The summed E-state index contributed by atoms with van der Waals surface area (Å²) in [4.78, 5) is 11.7. The Balaban J connectivity index is 0. The quantitative estimate of drug-likeness (QED) is 0.333. The maximum atomic E-state index is 11.7. The predicted molar refractivity (Wildman–Crippen MR) is 84.5 cm³/mol. The highest BCUT2D eigenvalue weighted by Crippen LogP contribution is 2.14. The molecule has 0 bridgehead atoms. The average Bonchev–Trinajstić information content (AvgIpc) is 2.37. The molecule has 0 saturated heterocycles. The average molecular weight is 322 g/mol. The summed E-state index contributed by atoms with van der Waals surface area (Å²) in [5.41, 5.74) is 0.583. The lowest BCUT2D eigenvalue weighted by Crippen LogP contribution is -2.61. The van der Waals surface area contributed by atoms with Crippen molar-refractivity contribution in [1.82, 2.24) is 5.32 Å². The fraction of sp³-hybridized carbons (Fsp3) is 0.786. The van der Waals surface area contributed by atoms with Gasteiger partial charge in [-0.05, 0) is 27.7 Å². The van der Waals surface area contributed by atoms with E-state index in [2.05, 4.69) is 39.6 Å². The van der Waals surface area contributed by atoms with Crippen molar-refractivity contribution in [3.8, 4) is 0 Å². The van der Waals surface area contributed by atoms with Gasteiger partial charge in [-0.3, -0.25) is 4.79 Å². The first-order valence-corrected chi connectivity index (χ1v) is 9.01. The summed E-state index contributed by atoms with van der Waals surface area (Å²) in [5, 5.41) is 3.09. The first kappa shape index (κ1) is 22.4. The van der Waals surface area contributed by atoms with Crippen molar-refractivity contribution in [1.29, 1.82) is 0 Å². The molecule has 0 aliphatic rings. The molecule has 0 heterocycles. The third-order valence-corrected chi connectivity index (χ3v) is 3.62. The zero-order valence-corrected chi connectivity index (χ0v) is 14.9. The van der Waals surface area contributed by atoms with Crippen LogP contribution in [0.2, 0.25) is 0 Å². The molecule has 0 aromatic carbocycles. The molecule has 1 amide bonds. The number of nitrogens with zero attached hydrogens (tertiary/aromatic N) is 1. The Labute approximate surface area is 129 Å². The lowest BCUT2D eigenvalue weighted by molar-refractivity contribution is -0.948. The van der Waals surface area contributed by atoms with Crippen molar-refractivity contribution in [3.63, 3.8) is 0 Å². The molecule has 0 spiro atoms. The number of carbonyl (C=O) groups excluding carboxylic acids is 1. The Bertz CT molecular complexity index is 412. The van der Waals surface area contributed by atoms with Crippen LogP contribution in [0.4, 0.5) is 0 Å². The maximum absolute atomic E-state index is 11.7. The minimum absolute atomic E-state index is 0.0234. The first-order valence-electron chi connectivity index (χ1n) is 7.20. The van der Waals surface area contributed by atoms with E-state index < -0.39 is 10.1 Å². The molecule has 0 aromatic heterocycles. The fourth-order valence-electron chi connectivity index (χ4n) is 2.23. The van der Waals surface area contributed by atoms with Crippen LogP contribution in [0.25, 0.3) is 0 Å². The van der Waals surface area contributed by atoms with Gasteiger partial charge in [-0.25, -0.2) is 8.42 Å². The summed E-state index contributed by atoms with van der Waals surface area (Å²) < 4.78 is 28.2. The standard InChI is InChI=1S/C13H26N2O.CH4O3S/c1-7-12(14-13(16)11(5)6)15(8-2,9-3)10-4;1-5(2,3)4/h12H,5,7-10H2,1-4,6H3;1H3,(H,2,3,4). The second kappa shape index (κ2) is 9.92. The highest BCUT2D eigenvalue weighted by atomic mass is 32.2. The van der Waals surface area contributed by atoms with Crippen LogP contribution in [0.15, 0.2) is 12.2 Å². The summed E-state index contributed by atoms with van der Waals surface area (Å²) in [7, 11) is -3.92. The van der Waals surface area contributed by atoms with E-state index in [4.69, 9.17) is 13.0 Å². The van der Waals surface area contributed by atoms with Crippen molar-refractivity contribution < 1.29 is 22.2 Å². The van der Waals surface area contributed by atoms with Gasteiger partial charge in [0.1, 0.15) is 0 Å². The maximum Gasteiger partial charge on any atom is 0.250 e. The van der Waals surface area contributed by atoms with Crippen molar-refractivity contribution >= 4 is 16.0 Å². The van der Waals surface area contributed by atoms with Crippen molar-refractivity contribution in [2.75, 3.05) is 25.9 Å². The van der Waals surface area contributed by atoms with Crippen LogP contribution >= 0.6 is 0 Å². The molecule has 126 valence electrons. The number of rotatable bonds is 7. The van der Waals surface area contributed by atoms with Gasteiger partial charge in [0.25, 0.3) is 5.91 Å². The van der Waals surface area contributed by atoms with E-state index in [1.54, 1.807) is 6.92 Å². The van der Waals surface area contributed by atoms with Crippen LogP contribution in [0.5, 0.6) is 0 Å². The summed E-state index contributed by atoms with van der Waals surface area (Å²) >= 11 is 0. The first-order chi connectivity index (χ1) is 9.47. The number of nitrogens with one attached hydrogen (secondary N) is 1. The number of hydrogen-bond acceptors (Lipinski definition) is 4. The Hall–Kier alpha value is -0.920. The number of hydrogen-bond donors (Lipinski definition) is 1. The number of carbonyl (C=O) groups is 1. The summed E-state index contributed by atoms with van der Waals surface area (Å²) in [6.45, 7) is 17.2. The highest BCUT2D eigenvalue weighted by Gasteiger charge is 2.32. The predicted octanol–water partition coefficient (Wildman–Crippen LogP) is 1.45. The second-order valence-corrected chi connectivity index (χ2v) is 6.46. The van der Waals surface area contributed by atoms with Gasteiger partial charge in [0.15, 0.2) is 6.17 Å². The van der Waals surface area contributed by atoms with Crippen molar-refractivity contribution in [2.24, 2.45) is 0 Å². The third kappa shape index (κ3) is 9.60. The van der Waals surface area contributed by atoms with E-state index in [1.165, 1.54) is 0 Å². The molecular weight excluding hydrogens is 292 g/mol. The van der Waals surface area contributed by atoms with E-state index >= 15 is 0 Å². The normalized spacial score (nSPS) is 12.9. The van der Waals surface area contributed by atoms with E-state index in [0.717, 1.165) is 30.5 Å². The Morgan fingerprint density at radius 2 is 1.52 bits per heavy atom. The van der Waals surface area contributed by atoms with E-state index in [-0.39, 0.29) is 12.1 Å². The van der Waals surface area contributed by atoms with Crippen LogP contribution < -0.4 is 5.32 Å². The summed E-state index contributed by atoms with van der Waals surface area (Å²) in [6, 6.07) is 0.